The third kappa shape index (κ3) is 4.77. The van der Waals surface area contributed by atoms with Crippen molar-refractivity contribution in [1.29, 1.82) is 0 Å². The maximum Gasteiger partial charge on any atom is 0.336 e. The van der Waals surface area contributed by atoms with Gasteiger partial charge in [0.25, 0.3) is 10.0 Å². The molecule has 118 valence electrons. The topological polar surface area (TPSA) is 113 Å². The van der Waals surface area contributed by atoms with E-state index in [2.05, 4.69) is 5.32 Å². The van der Waals surface area contributed by atoms with E-state index >= 15 is 0 Å². The number of nitrogens with one attached hydrogen (secondary N) is 1. The standard InChI is InChI=1S/C11H16N2O6S2/c1-13(6-9(14)12-3-4-19-2)21(17,18)10-5-8(7-20-10)11(15)16/h5,7H,3-4,6H2,1-2H3,(H,12,14)(H,15,16). The number of carboxylic acid groups (broad SMARTS) is 1. The molecule has 1 rings (SSSR count). The molecule has 0 radical (unpaired) electrons. The third-order valence-corrected chi connectivity index (χ3v) is 5.70. The second-order valence-corrected chi connectivity index (χ2v) is 7.25. The first-order valence-electron chi connectivity index (χ1n) is 5.83. The van der Waals surface area contributed by atoms with E-state index in [1.807, 2.05) is 0 Å². The first-order valence-corrected chi connectivity index (χ1v) is 8.14. The van der Waals surface area contributed by atoms with Crippen molar-refractivity contribution in [3.63, 3.8) is 0 Å². The van der Waals surface area contributed by atoms with E-state index in [0.717, 1.165) is 21.7 Å². The molecular formula is C11H16N2O6S2. The summed E-state index contributed by atoms with van der Waals surface area (Å²) >= 11 is 0.800. The monoisotopic (exact) mass is 336 g/mol. The van der Waals surface area contributed by atoms with Crippen molar-refractivity contribution in [2.45, 2.75) is 4.21 Å². The number of hydrogen-bond acceptors (Lipinski definition) is 6. The third-order valence-electron chi connectivity index (χ3n) is 2.48. The second-order valence-electron chi connectivity index (χ2n) is 4.06. The molecule has 1 aromatic rings. The Kier molecular flexibility index (Phi) is 6.27. The Morgan fingerprint density at radius 1 is 1.48 bits per heavy atom. The van der Waals surface area contributed by atoms with Gasteiger partial charge in [0.15, 0.2) is 0 Å². The van der Waals surface area contributed by atoms with Gasteiger partial charge in [-0.1, -0.05) is 0 Å². The molecule has 0 atom stereocenters. The van der Waals surface area contributed by atoms with E-state index in [4.69, 9.17) is 9.84 Å². The molecule has 0 fully saturated rings. The molecule has 1 amide bonds. The van der Waals surface area contributed by atoms with Gasteiger partial charge in [-0.3, -0.25) is 4.79 Å². The number of carbonyl (C=O) groups is 2. The van der Waals surface area contributed by atoms with Gasteiger partial charge in [0.2, 0.25) is 5.91 Å². The Morgan fingerprint density at radius 2 is 2.14 bits per heavy atom. The average Bonchev–Trinajstić information content (AvgIpc) is 2.89. The van der Waals surface area contributed by atoms with Crippen LogP contribution in [0.2, 0.25) is 0 Å². The van der Waals surface area contributed by atoms with Crippen LogP contribution in [0.4, 0.5) is 0 Å². The number of carboxylic acids is 1. The number of rotatable bonds is 8. The minimum absolute atomic E-state index is 0.100. The summed E-state index contributed by atoms with van der Waals surface area (Å²) in [6.07, 6.45) is 0. The first-order chi connectivity index (χ1) is 9.78. The molecular weight excluding hydrogens is 320 g/mol. The average molecular weight is 336 g/mol. The zero-order valence-corrected chi connectivity index (χ0v) is 13.2. The van der Waals surface area contributed by atoms with Crippen LogP contribution in [-0.2, 0) is 19.6 Å². The molecule has 0 spiro atoms. The van der Waals surface area contributed by atoms with Gasteiger partial charge in [0, 0.05) is 26.1 Å². The van der Waals surface area contributed by atoms with E-state index in [-0.39, 0.29) is 22.9 Å². The van der Waals surface area contributed by atoms with Gasteiger partial charge in [-0.25, -0.2) is 13.2 Å². The molecule has 0 unspecified atom stereocenters. The normalized spacial score (nSPS) is 11.6. The fraction of sp³-hybridized carbons (Fsp3) is 0.455. The van der Waals surface area contributed by atoms with Gasteiger partial charge in [-0.2, -0.15) is 4.31 Å². The number of nitrogens with zero attached hydrogens (tertiary/aromatic N) is 1. The van der Waals surface area contributed by atoms with Gasteiger partial charge in [0.05, 0.1) is 18.7 Å². The Bertz CT molecular complexity index is 610. The number of carbonyl (C=O) groups excluding carboxylic acids is 1. The summed E-state index contributed by atoms with van der Waals surface area (Å²) in [4.78, 5) is 22.3. The first kappa shape index (κ1) is 17.6. The zero-order valence-electron chi connectivity index (χ0n) is 11.5. The van der Waals surface area contributed by atoms with Gasteiger partial charge >= 0.3 is 5.97 Å². The van der Waals surface area contributed by atoms with Gasteiger partial charge in [-0.05, 0) is 6.07 Å². The molecule has 0 aliphatic carbocycles. The maximum absolute atomic E-state index is 12.2. The highest BCUT2D eigenvalue weighted by molar-refractivity contribution is 7.91. The van der Waals surface area contributed by atoms with E-state index in [1.54, 1.807) is 0 Å². The lowest BCUT2D eigenvalue weighted by atomic mass is 10.4. The second kappa shape index (κ2) is 7.50. The van der Waals surface area contributed by atoms with Crippen LogP contribution in [0.3, 0.4) is 0 Å². The molecule has 21 heavy (non-hydrogen) atoms. The highest BCUT2D eigenvalue weighted by Crippen LogP contribution is 2.23. The summed E-state index contributed by atoms with van der Waals surface area (Å²) in [6.45, 7) is 0.257. The molecule has 8 nitrogen and oxygen atoms in total. The maximum atomic E-state index is 12.2. The van der Waals surface area contributed by atoms with Crippen molar-refractivity contribution in [2.24, 2.45) is 0 Å². The molecule has 0 saturated heterocycles. The smallest absolute Gasteiger partial charge is 0.336 e. The number of likely N-dealkylation sites (N-methyl/N-ethyl adjacent to an activating group) is 1. The molecule has 2 N–H and O–H groups in total. The van der Waals surface area contributed by atoms with Crippen molar-refractivity contribution >= 4 is 33.2 Å². The highest BCUT2D eigenvalue weighted by atomic mass is 32.2. The zero-order chi connectivity index (χ0) is 16.0. The number of amides is 1. The summed E-state index contributed by atoms with van der Waals surface area (Å²) in [7, 11) is -1.14. The highest BCUT2D eigenvalue weighted by Gasteiger charge is 2.25. The number of sulfonamides is 1. The minimum atomic E-state index is -3.88. The lowest BCUT2D eigenvalue weighted by molar-refractivity contribution is -0.121. The van der Waals surface area contributed by atoms with Crippen molar-refractivity contribution in [3.8, 4) is 0 Å². The quantitative estimate of drug-likeness (QED) is 0.637. The fourth-order valence-corrected chi connectivity index (χ4v) is 3.84. The predicted octanol–water partition coefficient (Wildman–Crippen LogP) is -0.171. The van der Waals surface area contributed by atoms with Gasteiger partial charge in [0.1, 0.15) is 4.21 Å². The molecule has 0 saturated carbocycles. The predicted molar refractivity (Wildman–Crippen MR) is 76.0 cm³/mol. The molecule has 0 aliphatic rings. The van der Waals surface area contributed by atoms with Gasteiger partial charge in [-0.15, -0.1) is 11.3 Å². The van der Waals surface area contributed by atoms with Crippen LogP contribution in [0, 0.1) is 0 Å². The number of aromatic carboxylic acids is 1. The fourth-order valence-electron chi connectivity index (χ4n) is 1.35. The summed E-state index contributed by atoms with van der Waals surface area (Å²) in [5.74, 6) is -1.67. The Labute approximate surface area is 126 Å². The van der Waals surface area contributed by atoms with Gasteiger partial charge < -0.3 is 15.2 Å². The largest absolute Gasteiger partial charge is 0.478 e. The summed E-state index contributed by atoms with van der Waals surface area (Å²) in [5.41, 5.74) is -0.100. The van der Waals surface area contributed by atoms with E-state index in [9.17, 15) is 18.0 Å². The number of hydrogen-bond donors (Lipinski definition) is 2. The summed E-state index contributed by atoms with van der Waals surface area (Å²) in [6, 6.07) is 1.07. The van der Waals surface area contributed by atoms with E-state index in [0.29, 0.717) is 6.61 Å². The Balaban J connectivity index is 2.72. The number of thiophene rings is 1. The van der Waals surface area contributed by atoms with Crippen LogP contribution in [-0.4, -0.2) is 63.6 Å². The van der Waals surface area contributed by atoms with Crippen molar-refractivity contribution in [1.82, 2.24) is 9.62 Å². The Morgan fingerprint density at radius 3 is 2.67 bits per heavy atom. The molecule has 0 aromatic carbocycles. The van der Waals surface area contributed by atoms with E-state index in [1.165, 1.54) is 19.5 Å². The molecule has 1 heterocycles. The van der Waals surface area contributed by atoms with Crippen LogP contribution < -0.4 is 5.32 Å². The summed E-state index contributed by atoms with van der Waals surface area (Å²) < 4.78 is 29.9. The number of ether oxygens (including phenoxy) is 1. The van der Waals surface area contributed by atoms with Crippen molar-refractivity contribution < 1.29 is 27.9 Å². The molecule has 10 heteroatoms. The van der Waals surface area contributed by atoms with Crippen molar-refractivity contribution in [2.75, 3.05) is 33.9 Å². The lowest BCUT2D eigenvalue weighted by Gasteiger charge is -2.15. The van der Waals surface area contributed by atoms with Crippen LogP contribution in [0.25, 0.3) is 0 Å². The Hall–Kier alpha value is -1.49. The SMILES string of the molecule is COCCNC(=O)CN(C)S(=O)(=O)c1cc(C(=O)O)cs1. The lowest BCUT2D eigenvalue weighted by Crippen LogP contribution is -2.39. The minimum Gasteiger partial charge on any atom is -0.478 e. The molecule has 1 aromatic heterocycles. The number of methoxy groups -OCH3 is 1. The van der Waals surface area contributed by atoms with Crippen molar-refractivity contribution in [3.05, 3.63) is 17.0 Å². The summed E-state index contributed by atoms with van der Waals surface area (Å²) in [5, 5.41) is 12.5. The van der Waals surface area contributed by atoms with Crippen LogP contribution in [0.5, 0.6) is 0 Å². The van der Waals surface area contributed by atoms with Crippen LogP contribution in [0.15, 0.2) is 15.7 Å². The molecule has 0 bridgehead atoms. The van der Waals surface area contributed by atoms with Crippen LogP contribution in [0.1, 0.15) is 10.4 Å². The van der Waals surface area contributed by atoms with Crippen LogP contribution >= 0.6 is 11.3 Å². The van der Waals surface area contributed by atoms with E-state index < -0.39 is 21.9 Å². The molecule has 0 aliphatic heterocycles.